The average Bonchev–Trinajstić information content (AvgIpc) is 3.33. The smallest absolute Gasteiger partial charge is 0.339 e. The minimum Gasteiger partial charge on any atom is -0.467 e. The molecule has 0 atom stereocenters. The van der Waals surface area contributed by atoms with Gasteiger partial charge in [-0.1, -0.05) is 34.1 Å². The van der Waals surface area contributed by atoms with Gasteiger partial charge in [0.1, 0.15) is 22.2 Å². The van der Waals surface area contributed by atoms with Gasteiger partial charge in [0.2, 0.25) is 0 Å². The maximum atomic E-state index is 13.2. The predicted octanol–water partition coefficient (Wildman–Crippen LogP) is 5.79. The van der Waals surface area contributed by atoms with Gasteiger partial charge in [0, 0.05) is 16.6 Å². The molecule has 0 radical (unpaired) electrons. The van der Waals surface area contributed by atoms with Gasteiger partial charge in [-0.3, -0.25) is 4.79 Å². The molecule has 9 heteroatoms. The van der Waals surface area contributed by atoms with Crippen molar-refractivity contribution in [1.82, 2.24) is 4.90 Å². The van der Waals surface area contributed by atoms with E-state index in [9.17, 15) is 17.6 Å². The number of carbonyl (C=O) groups excluding carboxylic acids is 1. The highest BCUT2D eigenvalue weighted by Gasteiger charge is 2.19. The topological polar surface area (TPSA) is 76.8 Å². The molecule has 0 saturated heterocycles. The standard InChI is InChI=1S/C25H19BrFNO5S/c26-20-4-1-3-19(15-20)25(29)28(17-23-5-2-14-32-23)16-18-6-10-22(11-7-18)33-34(30,31)24-12-8-21(27)9-13-24/h1-15H,16-17H2. The van der Waals surface area contributed by atoms with E-state index in [1.165, 1.54) is 12.1 Å². The fourth-order valence-electron chi connectivity index (χ4n) is 3.24. The number of amides is 1. The van der Waals surface area contributed by atoms with Crippen molar-refractivity contribution in [1.29, 1.82) is 0 Å². The monoisotopic (exact) mass is 543 g/mol. The Morgan fingerprint density at radius 3 is 2.32 bits per heavy atom. The fourth-order valence-corrected chi connectivity index (χ4v) is 4.57. The molecule has 0 N–H and O–H groups in total. The van der Waals surface area contributed by atoms with E-state index in [0.29, 0.717) is 11.3 Å². The first-order chi connectivity index (χ1) is 16.3. The third-order valence-corrected chi connectivity index (χ3v) is 6.65. The summed E-state index contributed by atoms with van der Waals surface area (Å²) >= 11 is 3.39. The third kappa shape index (κ3) is 5.92. The van der Waals surface area contributed by atoms with E-state index in [1.54, 1.807) is 53.6 Å². The van der Waals surface area contributed by atoms with Crippen LogP contribution in [0.15, 0.2) is 105 Å². The molecule has 4 aromatic rings. The lowest BCUT2D eigenvalue weighted by molar-refractivity contribution is 0.0717. The van der Waals surface area contributed by atoms with Crippen molar-refractivity contribution in [3.8, 4) is 5.75 Å². The summed E-state index contributed by atoms with van der Waals surface area (Å²) in [6.45, 7) is 0.520. The lowest BCUT2D eigenvalue weighted by Crippen LogP contribution is -2.30. The Balaban J connectivity index is 1.51. The molecule has 1 aromatic heterocycles. The molecule has 0 bridgehead atoms. The average molecular weight is 544 g/mol. The van der Waals surface area contributed by atoms with E-state index in [0.717, 1.165) is 34.3 Å². The van der Waals surface area contributed by atoms with Crippen LogP contribution in [-0.2, 0) is 23.2 Å². The molecule has 34 heavy (non-hydrogen) atoms. The number of rotatable bonds is 8. The van der Waals surface area contributed by atoms with Gasteiger partial charge in [-0.15, -0.1) is 0 Å². The molecule has 0 aliphatic carbocycles. The van der Waals surface area contributed by atoms with Crippen LogP contribution in [0.5, 0.6) is 5.75 Å². The largest absolute Gasteiger partial charge is 0.467 e. The van der Waals surface area contributed by atoms with E-state index in [1.807, 2.05) is 6.07 Å². The van der Waals surface area contributed by atoms with Crippen LogP contribution in [0.4, 0.5) is 4.39 Å². The van der Waals surface area contributed by atoms with Crippen molar-refractivity contribution < 1.29 is 26.2 Å². The van der Waals surface area contributed by atoms with Crippen LogP contribution in [0.25, 0.3) is 0 Å². The molecular weight excluding hydrogens is 525 g/mol. The fraction of sp³-hybridized carbons (Fsp3) is 0.0800. The van der Waals surface area contributed by atoms with Gasteiger partial charge >= 0.3 is 10.1 Å². The summed E-state index contributed by atoms with van der Waals surface area (Å²) < 4.78 is 49.3. The Kier molecular flexibility index (Phi) is 7.14. The molecule has 0 saturated carbocycles. The van der Waals surface area contributed by atoms with Crippen LogP contribution < -0.4 is 4.18 Å². The molecule has 1 heterocycles. The first kappa shape index (κ1) is 23.7. The Morgan fingerprint density at radius 2 is 1.68 bits per heavy atom. The Bertz CT molecular complexity index is 1370. The van der Waals surface area contributed by atoms with Crippen molar-refractivity contribution in [2.45, 2.75) is 18.0 Å². The second kappa shape index (κ2) is 10.2. The van der Waals surface area contributed by atoms with Gasteiger partial charge in [-0.25, -0.2) is 4.39 Å². The maximum Gasteiger partial charge on any atom is 0.339 e. The number of nitrogens with zero attached hydrogens (tertiary/aromatic N) is 1. The molecule has 3 aromatic carbocycles. The van der Waals surface area contributed by atoms with Crippen LogP contribution in [0.1, 0.15) is 21.7 Å². The molecule has 174 valence electrons. The van der Waals surface area contributed by atoms with E-state index in [2.05, 4.69) is 15.9 Å². The molecule has 0 aliphatic heterocycles. The highest BCUT2D eigenvalue weighted by Crippen LogP contribution is 2.22. The molecular formula is C25H19BrFNO5S. The Hall–Kier alpha value is -3.43. The number of hydrogen-bond donors (Lipinski definition) is 0. The normalized spacial score (nSPS) is 11.2. The van der Waals surface area contributed by atoms with Crippen LogP contribution in [-0.4, -0.2) is 19.2 Å². The Morgan fingerprint density at radius 1 is 0.941 bits per heavy atom. The zero-order valence-corrected chi connectivity index (χ0v) is 20.1. The molecule has 0 aliphatic rings. The molecule has 0 fully saturated rings. The van der Waals surface area contributed by atoms with E-state index in [-0.39, 0.29) is 29.6 Å². The number of hydrogen-bond acceptors (Lipinski definition) is 5. The second-order valence-corrected chi connectivity index (χ2v) is 9.85. The summed E-state index contributed by atoms with van der Waals surface area (Å²) in [5.74, 6) is 0.00870. The first-order valence-electron chi connectivity index (χ1n) is 10.2. The summed E-state index contributed by atoms with van der Waals surface area (Å²) in [6.07, 6.45) is 1.55. The maximum absolute atomic E-state index is 13.2. The van der Waals surface area contributed by atoms with Crippen LogP contribution in [0.3, 0.4) is 0 Å². The number of carbonyl (C=O) groups is 1. The third-order valence-electron chi connectivity index (χ3n) is 4.89. The van der Waals surface area contributed by atoms with Crippen molar-refractivity contribution in [2.24, 2.45) is 0 Å². The molecule has 0 spiro atoms. The second-order valence-electron chi connectivity index (χ2n) is 7.39. The summed E-state index contributed by atoms with van der Waals surface area (Å²) in [4.78, 5) is 14.7. The molecule has 4 rings (SSSR count). The zero-order valence-electron chi connectivity index (χ0n) is 17.7. The quantitative estimate of drug-likeness (QED) is 0.263. The van der Waals surface area contributed by atoms with Crippen molar-refractivity contribution in [3.05, 3.63) is 118 Å². The first-order valence-corrected chi connectivity index (χ1v) is 12.4. The van der Waals surface area contributed by atoms with Crippen LogP contribution in [0, 0.1) is 5.82 Å². The van der Waals surface area contributed by atoms with E-state index < -0.39 is 15.9 Å². The van der Waals surface area contributed by atoms with Gasteiger partial charge in [0.25, 0.3) is 5.91 Å². The minimum absolute atomic E-state index is 0.101. The van der Waals surface area contributed by atoms with Crippen LogP contribution >= 0.6 is 15.9 Å². The summed E-state index contributed by atoms with van der Waals surface area (Å²) in [5, 5.41) is 0. The predicted molar refractivity (Wildman–Crippen MR) is 127 cm³/mol. The molecule has 6 nitrogen and oxygen atoms in total. The lowest BCUT2D eigenvalue weighted by Gasteiger charge is -2.22. The van der Waals surface area contributed by atoms with Gasteiger partial charge < -0.3 is 13.5 Å². The summed E-state index contributed by atoms with van der Waals surface area (Å²) in [6, 6.07) is 21.4. The number of halogens is 2. The summed E-state index contributed by atoms with van der Waals surface area (Å²) in [7, 11) is -4.10. The lowest BCUT2D eigenvalue weighted by atomic mass is 10.1. The molecule has 0 unspecified atom stereocenters. The van der Waals surface area contributed by atoms with Crippen molar-refractivity contribution in [2.75, 3.05) is 0 Å². The zero-order chi connectivity index (χ0) is 24.1. The van der Waals surface area contributed by atoms with E-state index >= 15 is 0 Å². The SMILES string of the molecule is O=C(c1cccc(Br)c1)N(Cc1ccc(OS(=O)(=O)c2ccc(F)cc2)cc1)Cc1ccco1. The van der Waals surface area contributed by atoms with E-state index in [4.69, 9.17) is 8.60 Å². The highest BCUT2D eigenvalue weighted by atomic mass is 79.9. The minimum atomic E-state index is -4.10. The number of furan rings is 1. The molecule has 1 amide bonds. The van der Waals surface area contributed by atoms with Gasteiger partial charge in [0.05, 0.1) is 12.8 Å². The Labute approximate surface area is 204 Å². The van der Waals surface area contributed by atoms with Crippen molar-refractivity contribution >= 4 is 32.0 Å². The highest BCUT2D eigenvalue weighted by molar-refractivity contribution is 9.10. The van der Waals surface area contributed by atoms with Crippen molar-refractivity contribution in [3.63, 3.8) is 0 Å². The van der Waals surface area contributed by atoms with Gasteiger partial charge in [-0.05, 0) is 72.3 Å². The van der Waals surface area contributed by atoms with Gasteiger partial charge in [0.15, 0.2) is 0 Å². The van der Waals surface area contributed by atoms with Gasteiger partial charge in [-0.2, -0.15) is 8.42 Å². The summed E-state index contributed by atoms with van der Waals surface area (Å²) in [5.41, 5.74) is 1.28. The van der Waals surface area contributed by atoms with Crippen LogP contribution in [0.2, 0.25) is 0 Å². The number of benzene rings is 3.